The lowest BCUT2D eigenvalue weighted by Crippen LogP contribution is -2.36. The maximum atomic E-state index is 9.65. The first-order valence-corrected chi connectivity index (χ1v) is 11.3. The minimum atomic E-state index is 0.510. The smallest absolute Gasteiger partial charge is 0.223 e. The number of hydrogen-bond donors (Lipinski definition) is 2. The molecule has 1 fully saturated rings. The van der Waals surface area contributed by atoms with E-state index in [-0.39, 0.29) is 0 Å². The lowest BCUT2D eigenvalue weighted by molar-refractivity contribution is 0.122. The van der Waals surface area contributed by atoms with E-state index in [0.29, 0.717) is 23.8 Å². The van der Waals surface area contributed by atoms with E-state index >= 15 is 0 Å². The molecule has 8 nitrogen and oxygen atoms in total. The van der Waals surface area contributed by atoms with Crippen molar-refractivity contribution in [3.63, 3.8) is 0 Å². The van der Waals surface area contributed by atoms with Crippen LogP contribution in [0.1, 0.15) is 24.6 Å². The van der Waals surface area contributed by atoms with Crippen LogP contribution in [0.5, 0.6) is 0 Å². The van der Waals surface area contributed by atoms with Gasteiger partial charge in [0, 0.05) is 37.7 Å². The minimum absolute atomic E-state index is 0.510. The number of thioether (sulfide) groups is 1. The van der Waals surface area contributed by atoms with Crippen LogP contribution in [-0.2, 0) is 11.2 Å². The molecule has 0 aliphatic carbocycles. The van der Waals surface area contributed by atoms with Crippen molar-refractivity contribution in [1.29, 1.82) is 5.26 Å². The molecule has 2 aliphatic rings. The van der Waals surface area contributed by atoms with E-state index in [2.05, 4.69) is 55.6 Å². The topological polar surface area (TPSA) is 99.0 Å². The average molecular weight is 436 g/mol. The first-order valence-electron chi connectivity index (χ1n) is 10.4. The number of aromatic nitrogens is 3. The molecule has 4 rings (SSSR count). The van der Waals surface area contributed by atoms with Gasteiger partial charge >= 0.3 is 0 Å². The summed E-state index contributed by atoms with van der Waals surface area (Å²) in [5.74, 6) is 1.50. The van der Waals surface area contributed by atoms with Gasteiger partial charge in [0.25, 0.3) is 0 Å². The summed E-state index contributed by atoms with van der Waals surface area (Å²) in [5.41, 5.74) is 3.38. The molecular formula is C22H25N7OS. The number of nitriles is 1. The van der Waals surface area contributed by atoms with Gasteiger partial charge in [-0.2, -0.15) is 5.26 Å². The van der Waals surface area contributed by atoms with E-state index in [1.54, 1.807) is 12.3 Å². The van der Waals surface area contributed by atoms with Crippen LogP contribution in [0.25, 0.3) is 5.57 Å². The Morgan fingerprint density at radius 3 is 2.87 bits per heavy atom. The molecule has 160 valence electrons. The molecule has 4 heterocycles. The summed E-state index contributed by atoms with van der Waals surface area (Å²) in [4.78, 5) is 15.7. The highest BCUT2D eigenvalue weighted by Crippen LogP contribution is 2.31. The Labute approximate surface area is 186 Å². The second kappa shape index (κ2) is 10.3. The van der Waals surface area contributed by atoms with Crippen molar-refractivity contribution in [2.75, 3.05) is 43.1 Å². The van der Waals surface area contributed by atoms with Crippen LogP contribution in [0.4, 0.5) is 11.8 Å². The van der Waals surface area contributed by atoms with E-state index < -0.39 is 0 Å². The van der Waals surface area contributed by atoms with E-state index in [0.717, 1.165) is 61.3 Å². The zero-order chi connectivity index (χ0) is 21.5. The van der Waals surface area contributed by atoms with Crippen molar-refractivity contribution in [3.05, 3.63) is 58.0 Å². The molecule has 1 saturated heterocycles. The van der Waals surface area contributed by atoms with Gasteiger partial charge in [0.2, 0.25) is 5.95 Å². The lowest BCUT2D eigenvalue weighted by Gasteiger charge is -2.27. The Hall–Kier alpha value is -3.09. The second-order valence-electron chi connectivity index (χ2n) is 7.12. The molecule has 2 N–H and O–H groups in total. The van der Waals surface area contributed by atoms with Crippen LogP contribution in [0.3, 0.4) is 0 Å². The van der Waals surface area contributed by atoms with Crippen LogP contribution in [0, 0.1) is 11.3 Å². The first kappa shape index (κ1) is 21.2. The number of nitrogens with one attached hydrogen (secondary N) is 2. The SMILES string of the molecule is CCC1=CSC(=C(C#N)c2ccnc(NCCc3ccc(N4CCOCC4)nc3)n2)N1. The molecule has 0 amide bonds. The number of nitrogens with zero attached hydrogens (tertiary/aromatic N) is 5. The summed E-state index contributed by atoms with van der Waals surface area (Å²) in [5, 5.41) is 19.0. The summed E-state index contributed by atoms with van der Waals surface area (Å²) in [6.45, 7) is 6.02. The van der Waals surface area contributed by atoms with Crippen molar-refractivity contribution in [2.24, 2.45) is 0 Å². The largest absolute Gasteiger partial charge is 0.378 e. The van der Waals surface area contributed by atoms with Gasteiger partial charge in [-0.05, 0) is 35.9 Å². The average Bonchev–Trinajstić information content (AvgIpc) is 3.30. The Kier molecular flexibility index (Phi) is 7.02. The molecular weight excluding hydrogens is 410 g/mol. The number of allylic oxidation sites excluding steroid dienone is 2. The van der Waals surface area contributed by atoms with Crippen LogP contribution < -0.4 is 15.5 Å². The number of morpholine rings is 1. The van der Waals surface area contributed by atoms with Gasteiger partial charge in [-0.1, -0.05) is 24.8 Å². The van der Waals surface area contributed by atoms with Crippen LogP contribution in [-0.4, -0.2) is 47.8 Å². The predicted octanol–water partition coefficient (Wildman–Crippen LogP) is 3.14. The molecule has 9 heteroatoms. The summed E-state index contributed by atoms with van der Waals surface area (Å²) < 4.78 is 5.39. The number of ether oxygens (including phenoxy) is 1. The standard InChI is InChI=1S/C22H25N7OS/c1-2-17-15-31-21(27-17)18(13-23)19-6-8-25-22(28-19)24-7-5-16-3-4-20(26-14-16)29-9-11-30-12-10-29/h3-4,6,8,14-15,27H,2,5,7,9-12H2,1H3,(H,24,25,28). The molecule has 0 aromatic carbocycles. The zero-order valence-electron chi connectivity index (χ0n) is 17.5. The number of anilines is 2. The number of pyridine rings is 1. The third-order valence-electron chi connectivity index (χ3n) is 5.07. The molecule has 0 unspecified atom stereocenters. The van der Waals surface area contributed by atoms with Crippen molar-refractivity contribution in [1.82, 2.24) is 20.3 Å². The van der Waals surface area contributed by atoms with Crippen LogP contribution in [0.15, 0.2) is 46.7 Å². The van der Waals surface area contributed by atoms with Gasteiger partial charge in [0.05, 0.1) is 23.9 Å². The zero-order valence-corrected chi connectivity index (χ0v) is 18.3. The normalized spacial score (nSPS) is 17.5. The summed E-state index contributed by atoms with van der Waals surface area (Å²) in [6.07, 6.45) is 5.30. The number of rotatable bonds is 7. The first-order chi connectivity index (χ1) is 15.3. The van der Waals surface area contributed by atoms with Gasteiger partial charge < -0.3 is 20.3 Å². The van der Waals surface area contributed by atoms with E-state index in [1.807, 2.05) is 11.6 Å². The van der Waals surface area contributed by atoms with Gasteiger partial charge in [-0.15, -0.1) is 0 Å². The fourth-order valence-corrected chi connectivity index (χ4v) is 4.24. The van der Waals surface area contributed by atoms with Crippen molar-refractivity contribution < 1.29 is 4.74 Å². The highest BCUT2D eigenvalue weighted by molar-refractivity contribution is 8.06. The molecule has 31 heavy (non-hydrogen) atoms. The quantitative estimate of drug-likeness (QED) is 0.635. The molecule has 2 aromatic heterocycles. The highest BCUT2D eigenvalue weighted by atomic mass is 32.2. The Bertz CT molecular complexity index is 1010. The summed E-state index contributed by atoms with van der Waals surface area (Å²) in [7, 11) is 0. The number of hydrogen-bond acceptors (Lipinski definition) is 9. The molecule has 0 spiro atoms. The minimum Gasteiger partial charge on any atom is -0.378 e. The Morgan fingerprint density at radius 2 is 2.16 bits per heavy atom. The lowest BCUT2D eigenvalue weighted by atomic mass is 10.2. The van der Waals surface area contributed by atoms with Crippen LogP contribution in [0.2, 0.25) is 0 Å². The maximum absolute atomic E-state index is 9.65. The molecule has 0 bridgehead atoms. The monoisotopic (exact) mass is 435 g/mol. The van der Waals surface area contributed by atoms with Crippen molar-refractivity contribution in [2.45, 2.75) is 19.8 Å². The van der Waals surface area contributed by atoms with Gasteiger partial charge in [0.15, 0.2) is 0 Å². The molecule has 0 radical (unpaired) electrons. The molecule has 2 aliphatic heterocycles. The molecule has 0 atom stereocenters. The summed E-state index contributed by atoms with van der Waals surface area (Å²) >= 11 is 1.52. The highest BCUT2D eigenvalue weighted by Gasteiger charge is 2.17. The van der Waals surface area contributed by atoms with Gasteiger partial charge in [0.1, 0.15) is 17.5 Å². The van der Waals surface area contributed by atoms with Gasteiger partial charge in [-0.3, -0.25) is 0 Å². The fourth-order valence-electron chi connectivity index (χ4n) is 3.30. The maximum Gasteiger partial charge on any atom is 0.223 e. The van der Waals surface area contributed by atoms with E-state index in [4.69, 9.17) is 4.74 Å². The fraction of sp³-hybridized carbons (Fsp3) is 0.364. The second-order valence-corrected chi connectivity index (χ2v) is 8.00. The Morgan fingerprint density at radius 1 is 1.29 bits per heavy atom. The predicted molar refractivity (Wildman–Crippen MR) is 123 cm³/mol. The third-order valence-corrected chi connectivity index (χ3v) is 6.01. The van der Waals surface area contributed by atoms with Crippen molar-refractivity contribution >= 4 is 29.1 Å². The third kappa shape index (κ3) is 5.34. The van der Waals surface area contributed by atoms with E-state index in [1.165, 1.54) is 11.8 Å². The van der Waals surface area contributed by atoms with Gasteiger partial charge in [-0.25, -0.2) is 15.0 Å². The molecule has 2 aromatic rings. The summed E-state index contributed by atoms with van der Waals surface area (Å²) in [6, 6.07) is 8.20. The molecule has 0 saturated carbocycles. The Balaban J connectivity index is 1.34. The van der Waals surface area contributed by atoms with E-state index in [9.17, 15) is 5.26 Å². The van der Waals surface area contributed by atoms with Crippen molar-refractivity contribution in [3.8, 4) is 6.07 Å². The van der Waals surface area contributed by atoms with Crippen LogP contribution >= 0.6 is 11.8 Å².